The van der Waals surface area contributed by atoms with Crippen molar-refractivity contribution in [3.63, 3.8) is 0 Å². The maximum Gasteiger partial charge on any atom is 0.123 e. The second-order valence-corrected chi connectivity index (χ2v) is 9.17. The first-order chi connectivity index (χ1) is 16.5. The summed E-state index contributed by atoms with van der Waals surface area (Å²) < 4.78 is 27.1. The van der Waals surface area contributed by atoms with E-state index in [2.05, 4.69) is 65.4 Å². The Morgan fingerprint density at radius 1 is 0.765 bits per heavy atom. The highest BCUT2D eigenvalue weighted by molar-refractivity contribution is 5.55. The van der Waals surface area contributed by atoms with Gasteiger partial charge in [-0.05, 0) is 66.9 Å². The minimum atomic E-state index is -0.246. The number of nitrogens with zero attached hydrogens (tertiary/aromatic N) is 2. The van der Waals surface area contributed by atoms with Crippen LogP contribution in [0.15, 0.2) is 78.9 Å². The second kappa shape index (κ2) is 11.4. The highest BCUT2D eigenvalue weighted by Crippen LogP contribution is 2.30. The van der Waals surface area contributed by atoms with E-state index < -0.39 is 0 Å². The van der Waals surface area contributed by atoms with Crippen molar-refractivity contribution in [3.8, 4) is 0 Å². The molecule has 0 bridgehead atoms. The molecule has 0 amide bonds. The zero-order chi connectivity index (χ0) is 23.9. The first-order valence-corrected chi connectivity index (χ1v) is 12.0. The van der Waals surface area contributed by atoms with Gasteiger partial charge in [0.05, 0.1) is 6.04 Å². The van der Waals surface area contributed by atoms with Gasteiger partial charge in [0.25, 0.3) is 0 Å². The van der Waals surface area contributed by atoms with E-state index >= 15 is 0 Å². The maximum absolute atomic E-state index is 13.5. The Hall–Kier alpha value is -3.02. The van der Waals surface area contributed by atoms with Crippen LogP contribution >= 0.6 is 0 Å². The number of nitrogens with one attached hydrogen (secondary N) is 1. The number of hydrogen-bond donors (Lipinski definition) is 1. The molecule has 1 N–H and O–H groups in total. The van der Waals surface area contributed by atoms with E-state index in [0.717, 1.165) is 49.5 Å². The van der Waals surface area contributed by atoms with Crippen LogP contribution in [0.1, 0.15) is 36.6 Å². The molecule has 178 valence electrons. The van der Waals surface area contributed by atoms with Gasteiger partial charge in [0.15, 0.2) is 0 Å². The van der Waals surface area contributed by atoms with Crippen molar-refractivity contribution in [2.75, 3.05) is 38.0 Å². The Kier molecular flexibility index (Phi) is 8.09. The molecule has 3 aromatic rings. The fourth-order valence-electron chi connectivity index (χ4n) is 4.47. The average molecular weight is 462 g/mol. The Morgan fingerprint density at radius 3 is 1.79 bits per heavy atom. The van der Waals surface area contributed by atoms with Crippen molar-refractivity contribution in [3.05, 3.63) is 107 Å². The predicted molar refractivity (Wildman–Crippen MR) is 137 cm³/mol. The third kappa shape index (κ3) is 6.52. The molecular formula is C29H33F2N3. The van der Waals surface area contributed by atoms with Gasteiger partial charge >= 0.3 is 0 Å². The Balaban J connectivity index is 1.36. The number of halogens is 2. The van der Waals surface area contributed by atoms with Crippen LogP contribution in [0.3, 0.4) is 0 Å². The molecule has 0 spiro atoms. The monoisotopic (exact) mass is 461 g/mol. The molecule has 0 radical (unpaired) electrons. The Labute approximate surface area is 201 Å². The molecule has 4 rings (SSSR count). The lowest BCUT2D eigenvalue weighted by molar-refractivity contribution is 0.118. The summed E-state index contributed by atoms with van der Waals surface area (Å²) in [7, 11) is 0. The molecule has 0 saturated carbocycles. The van der Waals surface area contributed by atoms with Crippen LogP contribution in [0, 0.1) is 11.6 Å². The number of piperazine rings is 1. The van der Waals surface area contributed by atoms with Gasteiger partial charge in [0.1, 0.15) is 11.6 Å². The normalized spacial score (nSPS) is 15.5. The summed E-state index contributed by atoms with van der Waals surface area (Å²) >= 11 is 0. The topological polar surface area (TPSA) is 18.5 Å². The van der Waals surface area contributed by atoms with Crippen LogP contribution in [0.5, 0.6) is 0 Å². The molecule has 1 aliphatic heterocycles. The van der Waals surface area contributed by atoms with Crippen LogP contribution in [0.2, 0.25) is 0 Å². The fourth-order valence-corrected chi connectivity index (χ4v) is 4.47. The highest BCUT2D eigenvalue weighted by atomic mass is 19.1. The van der Waals surface area contributed by atoms with Crippen molar-refractivity contribution in [1.82, 2.24) is 9.80 Å². The van der Waals surface area contributed by atoms with E-state index in [4.69, 9.17) is 0 Å². The molecule has 0 aliphatic carbocycles. The van der Waals surface area contributed by atoms with Crippen LogP contribution in [0.4, 0.5) is 14.5 Å². The van der Waals surface area contributed by atoms with Crippen LogP contribution < -0.4 is 5.32 Å². The summed E-state index contributed by atoms with van der Waals surface area (Å²) in [6, 6.07) is 22.2. The Morgan fingerprint density at radius 2 is 1.29 bits per heavy atom. The molecule has 3 nitrogen and oxygen atoms in total. The number of benzene rings is 3. The molecule has 34 heavy (non-hydrogen) atoms. The average Bonchev–Trinajstić information content (AvgIpc) is 2.83. The molecule has 0 aromatic heterocycles. The standard InChI is InChI=1S/C29H33F2N3/c1-22(2)32-28-15-5-23(6-16-28)4-3-17-33-18-20-34(21-19-33)29(24-7-11-26(30)12-8-24)25-9-13-27(31)14-10-25/h3-16,22,29,32H,17-21H2,1-2H3/b4-3+. The SMILES string of the molecule is CC(C)Nc1ccc(/C=C/CN2CCN(C(c3ccc(F)cc3)c3ccc(F)cc3)CC2)cc1. The van der Waals surface area contributed by atoms with E-state index in [9.17, 15) is 8.78 Å². The quantitative estimate of drug-likeness (QED) is 0.431. The third-order valence-corrected chi connectivity index (χ3v) is 6.18. The summed E-state index contributed by atoms with van der Waals surface area (Å²) in [5.74, 6) is -0.493. The molecule has 0 atom stereocenters. The first-order valence-electron chi connectivity index (χ1n) is 12.0. The van der Waals surface area contributed by atoms with Gasteiger partial charge in [-0.25, -0.2) is 8.78 Å². The molecule has 1 aliphatic rings. The van der Waals surface area contributed by atoms with E-state index in [0.29, 0.717) is 6.04 Å². The lowest BCUT2D eigenvalue weighted by Gasteiger charge is -2.39. The largest absolute Gasteiger partial charge is 0.383 e. The van der Waals surface area contributed by atoms with Gasteiger partial charge in [0.2, 0.25) is 0 Å². The summed E-state index contributed by atoms with van der Waals surface area (Å²) in [4.78, 5) is 4.84. The number of anilines is 1. The zero-order valence-electron chi connectivity index (χ0n) is 19.9. The minimum Gasteiger partial charge on any atom is -0.383 e. The van der Waals surface area contributed by atoms with Gasteiger partial charge in [-0.3, -0.25) is 9.80 Å². The highest BCUT2D eigenvalue weighted by Gasteiger charge is 2.26. The minimum absolute atomic E-state index is 0.0168. The molecule has 1 saturated heterocycles. The van der Waals surface area contributed by atoms with Gasteiger partial charge in [-0.2, -0.15) is 0 Å². The summed E-state index contributed by atoms with van der Waals surface area (Å²) in [5.41, 5.74) is 4.38. The smallest absolute Gasteiger partial charge is 0.123 e. The summed E-state index contributed by atoms with van der Waals surface area (Å²) in [6.07, 6.45) is 4.39. The van der Waals surface area contributed by atoms with E-state index in [1.165, 1.54) is 29.8 Å². The van der Waals surface area contributed by atoms with Crippen LogP contribution in [-0.4, -0.2) is 48.6 Å². The van der Waals surface area contributed by atoms with Crippen molar-refractivity contribution in [2.45, 2.75) is 25.9 Å². The van der Waals surface area contributed by atoms with Gasteiger partial charge in [-0.15, -0.1) is 0 Å². The van der Waals surface area contributed by atoms with Gasteiger partial charge in [-0.1, -0.05) is 48.6 Å². The van der Waals surface area contributed by atoms with E-state index in [1.54, 1.807) is 0 Å². The second-order valence-electron chi connectivity index (χ2n) is 9.17. The Bertz CT molecular complexity index is 1010. The van der Waals surface area contributed by atoms with Crippen LogP contribution in [-0.2, 0) is 0 Å². The molecule has 5 heteroatoms. The molecule has 3 aromatic carbocycles. The molecule has 0 unspecified atom stereocenters. The summed E-state index contributed by atoms with van der Waals surface area (Å²) in [5, 5.41) is 3.41. The number of rotatable bonds is 8. The fraction of sp³-hybridized carbons (Fsp3) is 0.310. The third-order valence-electron chi connectivity index (χ3n) is 6.18. The van der Waals surface area contributed by atoms with Crippen molar-refractivity contribution in [2.24, 2.45) is 0 Å². The molecule has 1 fully saturated rings. The maximum atomic E-state index is 13.5. The summed E-state index contributed by atoms with van der Waals surface area (Å²) in [6.45, 7) is 8.84. The number of hydrogen-bond acceptors (Lipinski definition) is 3. The van der Waals surface area contributed by atoms with Gasteiger partial charge < -0.3 is 5.32 Å². The first kappa shape index (κ1) is 24.1. The van der Waals surface area contributed by atoms with E-state index in [1.807, 2.05) is 24.3 Å². The zero-order valence-corrected chi connectivity index (χ0v) is 19.9. The van der Waals surface area contributed by atoms with Crippen molar-refractivity contribution < 1.29 is 8.78 Å². The van der Waals surface area contributed by atoms with Crippen molar-refractivity contribution >= 4 is 11.8 Å². The lowest BCUT2D eigenvalue weighted by atomic mass is 9.96. The van der Waals surface area contributed by atoms with Crippen LogP contribution in [0.25, 0.3) is 6.08 Å². The lowest BCUT2D eigenvalue weighted by Crippen LogP contribution is -2.47. The molecular weight excluding hydrogens is 428 g/mol. The van der Waals surface area contributed by atoms with E-state index in [-0.39, 0.29) is 17.7 Å². The van der Waals surface area contributed by atoms with Gasteiger partial charge in [0, 0.05) is 44.5 Å². The molecule has 1 heterocycles. The van der Waals surface area contributed by atoms with Crippen molar-refractivity contribution in [1.29, 1.82) is 0 Å². The predicted octanol–water partition coefficient (Wildman–Crippen LogP) is 6.21.